The number of carbonyl (C=O) groups is 1. The number of phenolic OH excluding ortho intramolecular Hbond substituents is 1. The Morgan fingerprint density at radius 3 is 2.77 bits per heavy atom. The normalized spacial score (nSPS) is 9.38. The molecule has 0 bridgehead atoms. The molecular formula is C8H10N2O3. The fraction of sp³-hybridized carbons (Fsp3) is 0.125. The number of rotatable bonds is 2. The second kappa shape index (κ2) is 3.77. The molecule has 0 unspecified atom stereocenters. The number of hydrazine groups is 1. The van der Waals surface area contributed by atoms with Crippen LogP contribution in [0.1, 0.15) is 10.4 Å². The lowest BCUT2D eigenvalue weighted by Gasteiger charge is -2.04. The summed E-state index contributed by atoms with van der Waals surface area (Å²) >= 11 is 0. The van der Waals surface area contributed by atoms with Gasteiger partial charge in [-0.05, 0) is 18.2 Å². The van der Waals surface area contributed by atoms with Crippen molar-refractivity contribution in [1.82, 2.24) is 5.43 Å². The van der Waals surface area contributed by atoms with E-state index in [4.69, 9.17) is 10.6 Å². The van der Waals surface area contributed by atoms with Crippen molar-refractivity contribution in [3.05, 3.63) is 23.8 Å². The van der Waals surface area contributed by atoms with E-state index in [9.17, 15) is 9.90 Å². The zero-order valence-electron chi connectivity index (χ0n) is 7.07. The van der Waals surface area contributed by atoms with Crippen LogP contribution in [-0.4, -0.2) is 18.1 Å². The van der Waals surface area contributed by atoms with Crippen molar-refractivity contribution in [1.29, 1.82) is 0 Å². The number of amides is 1. The first kappa shape index (κ1) is 9.34. The van der Waals surface area contributed by atoms with E-state index in [0.29, 0.717) is 5.75 Å². The Balaban J connectivity index is 3.02. The molecule has 13 heavy (non-hydrogen) atoms. The third kappa shape index (κ3) is 1.88. The second-order valence-corrected chi connectivity index (χ2v) is 2.36. The minimum atomic E-state index is -0.460. The number of benzene rings is 1. The molecule has 0 aliphatic carbocycles. The number of nitrogens with two attached hydrogens (primary N) is 1. The van der Waals surface area contributed by atoms with Gasteiger partial charge in [-0.2, -0.15) is 0 Å². The number of aromatic hydroxyl groups is 1. The average molecular weight is 182 g/mol. The Hall–Kier alpha value is -1.75. The quantitative estimate of drug-likeness (QED) is 0.341. The molecule has 0 radical (unpaired) electrons. The molecule has 70 valence electrons. The Kier molecular flexibility index (Phi) is 2.71. The number of hydrogen-bond donors (Lipinski definition) is 3. The monoisotopic (exact) mass is 182 g/mol. The van der Waals surface area contributed by atoms with Gasteiger partial charge in [0.2, 0.25) is 0 Å². The maximum atomic E-state index is 11.0. The summed E-state index contributed by atoms with van der Waals surface area (Å²) < 4.78 is 4.80. The molecule has 0 saturated heterocycles. The predicted octanol–water partition coefficient (Wildman–Crippen LogP) is 0.00430. The van der Waals surface area contributed by atoms with E-state index in [1.807, 2.05) is 5.43 Å². The summed E-state index contributed by atoms with van der Waals surface area (Å²) in [7, 11) is 1.43. The van der Waals surface area contributed by atoms with Crippen LogP contribution in [0.4, 0.5) is 0 Å². The lowest BCUT2D eigenvalue weighted by Crippen LogP contribution is -2.29. The van der Waals surface area contributed by atoms with E-state index in [1.54, 1.807) is 0 Å². The Labute approximate surface area is 75.1 Å². The summed E-state index contributed by atoms with van der Waals surface area (Å²) in [5.74, 6) is 4.67. The van der Waals surface area contributed by atoms with Gasteiger partial charge in [0.1, 0.15) is 0 Å². The van der Waals surface area contributed by atoms with E-state index in [-0.39, 0.29) is 11.3 Å². The molecule has 0 saturated carbocycles. The predicted molar refractivity (Wildman–Crippen MR) is 46.3 cm³/mol. The zero-order chi connectivity index (χ0) is 9.84. The van der Waals surface area contributed by atoms with Crippen molar-refractivity contribution in [2.24, 2.45) is 5.84 Å². The lowest BCUT2D eigenvalue weighted by molar-refractivity contribution is 0.0953. The molecule has 5 heteroatoms. The largest absolute Gasteiger partial charge is 0.504 e. The molecule has 5 nitrogen and oxygen atoms in total. The Morgan fingerprint density at radius 1 is 1.62 bits per heavy atom. The molecule has 0 aliphatic rings. The van der Waals surface area contributed by atoms with Gasteiger partial charge >= 0.3 is 0 Å². The molecule has 0 spiro atoms. The molecule has 1 rings (SSSR count). The molecular weight excluding hydrogens is 172 g/mol. The van der Waals surface area contributed by atoms with Crippen molar-refractivity contribution >= 4 is 5.91 Å². The highest BCUT2D eigenvalue weighted by Crippen LogP contribution is 2.25. The van der Waals surface area contributed by atoms with Gasteiger partial charge in [-0.1, -0.05) is 0 Å². The fourth-order valence-corrected chi connectivity index (χ4v) is 0.915. The summed E-state index contributed by atoms with van der Waals surface area (Å²) in [5.41, 5.74) is 2.23. The van der Waals surface area contributed by atoms with Gasteiger partial charge in [-0.15, -0.1) is 0 Å². The summed E-state index contributed by atoms with van der Waals surface area (Å²) in [5, 5.41) is 9.29. The first-order valence-electron chi connectivity index (χ1n) is 3.57. The number of nitrogen functional groups attached to an aromatic ring is 1. The first-order valence-corrected chi connectivity index (χ1v) is 3.57. The average Bonchev–Trinajstić information content (AvgIpc) is 2.16. The summed E-state index contributed by atoms with van der Waals surface area (Å²) in [6.07, 6.45) is 0. The van der Waals surface area contributed by atoms with Gasteiger partial charge in [0, 0.05) is 5.56 Å². The highest BCUT2D eigenvalue weighted by Gasteiger charge is 2.07. The zero-order valence-corrected chi connectivity index (χ0v) is 7.07. The topological polar surface area (TPSA) is 84.6 Å². The maximum absolute atomic E-state index is 11.0. The van der Waals surface area contributed by atoms with Gasteiger partial charge in [0.05, 0.1) is 7.11 Å². The molecule has 1 aromatic rings. The standard InChI is InChI=1S/C8H10N2O3/c1-13-7-3-2-5(4-6(7)11)8(12)10-9/h2-4,11H,9H2,1H3,(H,10,12). The van der Waals surface area contributed by atoms with Gasteiger partial charge in [-0.25, -0.2) is 5.84 Å². The smallest absolute Gasteiger partial charge is 0.265 e. The maximum Gasteiger partial charge on any atom is 0.265 e. The van der Waals surface area contributed by atoms with Crippen molar-refractivity contribution in [2.45, 2.75) is 0 Å². The molecule has 0 aromatic heterocycles. The van der Waals surface area contributed by atoms with Crippen LogP contribution in [0.5, 0.6) is 11.5 Å². The van der Waals surface area contributed by atoms with E-state index in [1.165, 1.54) is 25.3 Å². The number of nitrogens with one attached hydrogen (secondary N) is 1. The van der Waals surface area contributed by atoms with E-state index >= 15 is 0 Å². The molecule has 0 heterocycles. The van der Waals surface area contributed by atoms with Crippen LogP contribution in [0.15, 0.2) is 18.2 Å². The van der Waals surface area contributed by atoms with Gasteiger partial charge < -0.3 is 9.84 Å². The Morgan fingerprint density at radius 2 is 2.31 bits per heavy atom. The third-order valence-electron chi connectivity index (χ3n) is 1.57. The molecule has 1 aromatic carbocycles. The van der Waals surface area contributed by atoms with Crippen molar-refractivity contribution < 1.29 is 14.6 Å². The van der Waals surface area contributed by atoms with Crippen molar-refractivity contribution in [3.63, 3.8) is 0 Å². The van der Waals surface area contributed by atoms with Crippen LogP contribution >= 0.6 is 0 Å². The molecule has 0 fully saturated rings. The molecule has 0 aliphatic heterocycles. The number of carbonyl (C=O) groups excluding carboxylic acids is 1. The molecule has 4 N–H and O–H groups in total. The van der Waals surface area contributed by atoms with Gasteiger partial charge in [0.25, 0.3) is 5.91 Å². The number of methoxy groups -OCH3 is 1. The SMILES string of the molecule is COc1ccc(C(=O)NN)cc1O. The van der Waals surface area contributed by atoms with Crippen LogP contribution < -0.4 is 16.0 Å². The number of hydrogen-bond acceptors (Lipinski definition) is 4. The summed E-state index contributed by atoms with van der Waals surface area (Å²) in [4.78, 5) is 11.0. The third-order valence-corrected chi connectivity index (χ3v) is 1.57. The summed E-state index contributed by atoms with van der Waals surface area (Å²) in [6, 6.07) is 4.27. The van der Waals surface area contributed by atoms with E-state index in [0.717, 1.165) is 0 Å². The number of phenols is 1. The van der Waals surface area contributed by atoms with Crippen molar-refractivity contribution in [3.8, 4) is 11.5 Å². The van der Waals surface area contributed by atoms with Crippen LogP contribution in [-0.2, 0) is 0 Å². The number of ether oxygens (including phenoxy) is 1. The summed E-state index contributed by atoms with van der Waals surface area (Å²) in [6.45, 7) is 0. The highest BCUT2D eigenvalue weighted by atomic mass is 16.5. The fourth-order valence-electron chi connectivity index (χ4n) is 0.915. The minimum Gasteiger partial charge on any atom is -0.504 e. The van der Waals surface area contributed by atoms with Crippen LogP contribution in [0.25, 0.3) is 0 Å². The van der Waals surface area contributed by atoms with E-state index in [2.05, 4.69) is 0 Å². The molecule has 0 atom stereocenters. The van der Waals surface area contributed by atoms with Crippen LogP contribution in [0.2, 0.25) is 0 Å². The van der Waals surface area contributed by atoms with Crippen LogP contribution in [0, 0.1) is 0 Å². The van der Waals surface area contributed by atoms with Gasteiger partial charge in [0.15, 0.2) is 11.5 Å². The Bertz CT molecular complexity index is 325. The minimum absolute atomic E-state index is 0.0939. The molecule has 1 amide bonds. The van der Waals surface area contributed by atoms with Crippen LogP contribution in [0.3, 0.4) is 0 Å². The second-order valence-electron chi connectivity index (χ2n) is 2.36. The first-order chi connectivity index (χ1) is 6.19. The lowest BCUT2D eigenvalue weighted by atomic mass is 10.2. The van der Waals surface area contributed by atoms with Crippen molar-refractivity contribution in [2.75, 3.05) is 7.11 Å². The van der Waals surface area contributed by atoms with Gasteiger partial charge in [-0.3, -0.25) is 10.2 Å². The van der Waals surface area contributed by atoms with E-state index < -0.39 is 5.91 Å². The highest BCUT2D eigenvalue weighted by molar-refractivity contribution is 5.94.